The predicted molar refractivity (Wildman–Crippen MR) is 68.6 cm³/mol. The fraction of sp³-hybridized carbons (Fsp3) is 0.923. The molecule has 1 aliphatic rings. The van der Waals surface area contributed by atoms with Crippen molar-refractivity contribution in [1.82, 2.24) is 4.90 Å². The number of nitrogens with zero attached hydrogens (tertiary/aromatic N) is 1. The lowest BCUT2D eigenvalue weighted by Crippen LogP contribution is -2.45. The second-order valence-electron chi connectivity index (χ2n) is 5.40. The Morgan fingerprint density at radius 2 is 2.18 bits per heavy atom. The lowest BCUT2D eigenvalue weighted by atomic mass is 9.79. The van der Waals surface area contributed by atoms with Crippen LogP contribution in [0.25, 0.3) is 0 Å². The Balaban J connectivity index is 2.52. The van der Waals surface area contributed by atoms with Crippen LogP contribution < -0.4 is 5.73 Å². The zero-order chi connectivity index (χ0) is 13.0. The van der Waals surface area contributed by atoms with Gasteiger partial charge in [-0.25, -0.2) is 0 Å². The summed E-state index contributed by atoms with van der Waals surface area (Å²) in [6.07, 6.45) is 2.85. The molecular formula is C13H26N2O2. The maximum Gasteiger partial charge on any atom is 0.225 e. The average molecular weight is 242 g/mol. The van der Waals surface area contributed by atoms with Gasteiger partial charge in [-0.2, -0.15) is 0 Å². The third-order valence-electron chi connectivity index (χ3n) is 4.02. The molecule has 4 atom stereocenters. The van der Waals surface area contributed by atoms with Crippen LogP contribution in [0.4, 0.5) is 0 Å². The van der Waals surface area contributed by atoms with Gasteiger partial charge in [-0.15, -0.1) is 0 Å². The number of carbonyl (C=O) groups is 1. The topological polar surface area (TPSA) is 55.6 Å². The van der Waals surface area contributed by atoms with Crippen LogP contribution >= 0.6 is 0 Å². The third kappa shape index (κ3) is 3.68. The highest BCUT2D eigenvalue weighted by Gasteiger charge is 2.32. The van der Waals surface area contributed by atoms with Gasteiger partial charge in [-0.3, -0.25) is 4.79 Å². The Hall–Kier alpha value is -0.610. The molecule has 4 unspecified atom stereocenters. The van der Waals surface area contributed by atoms with E-state index in [1.165, 1.54) is 0 Å². The van der Waals surface area contributed by atoms with E-state index in [1.807, 2.05) is 14.0 Å². The molecule has 0 heterocycles. The van der Waals surface area contributed by atoms with Crippen molar-refractivity contribution in [3.63, 3.8) is 0 Å². The van der Waals surface area contributed by atoms with Crippen molar-refractivity contribution < 1.29 is 9.53 Å². The number of rotatable bonds is 4. The minimum Gasteiger partial charge on any atom is -0.383 e. The van der Waals surface area contributed by atoms with Gasteiger partial charge in [0.2, 0.25) is 5.91 Å². The van der Waals surface area contributed by atoms with Crippen LogP contribution in [-0.2, 0) is 9.53 Å². The molecule has 0 aromatic heterocycles. The normalized spacial score (nSPS) is 31.0. The molecule has 17 heavy (non-hydrogen) atoms. The van der Waals surface area contributed by atoms with Crippen LogP contribution in [0.1, 0.15) is 33.1 Å². The van der Waals surface area contributed by atoms with E-state index in [0.29, 0.717) is 12.5 Å². The van der Waals surface area contributed by atoms with Crippen LogP contribution in [0.2, 0.25) is 0 Å². The third-order valence-corrected chi connectivity index (χ3v) is 4.02. The molecule has 0 spiro atoms. The van der Waals surface area contributed by atoms with E-state index >= 15 is 0 Å². The number of ether oxygens (including phenoxy) is 1. The first-order valence-corrected chi connectivity index (χ1v) is 6.48. The molecule has 4 nitrogen and oxygen atoms in total. The Morgan fingerprint density at radius 3 is 2.71 bits per heavy atom. The number of amides is 1. The molecule has 1 saturated carbocycles. The molecule has 1 amide bonds. The number of nitrogens with two attached hydrogens (primary N) is 1. The molecule has 0 aliphatic heterocycles. The van der Waals surface area contributed by atoms with Gasteiger partial charge >= 0.3 is 0 Å². The summed E-state index contributed by atoms with van der Waals surface area (Å²) in [7, 11) is 3.52. The first-order valence-electron chi connectivity index (χ1n) is 6.48. The van der Waals surface area contributed by atoms with Crippen molar-refractivity contribution >= 4 is 5.91 Å². The molecule has 4 heteroatoms. The Bertz CT molecular complexity index is 258. The summed E-state index contributed by atoms with van der Waals surface area (Å²) in [6.45, 7) is 4.76. The zero-order valence-corrected chi connectivity index (χ0v) is 11.5. The van der Waals surface area contributed by atoms with Crippen LogP contribution in [0.15, 0.2) is 0 Å². The van der Waals surface area contributed by atoms with Crippen molar-refractivity contribution in [2.24, 2.45) is 17.6 Å². The molecule has 100 valence electrons. The monoisotopic (exact) mass is 242 g/mol. The van der Waals surface area contributed by atoms with Crippen LogP contribution in [0.3, 0.4) is 0 Å². The van der Waals surface area contributed by atoms with E-state index < -0.39 is 0 Å². The molecule has 0 aromatic rings. The molecule has 0 aromatic carbocycles. The van der Waals surface area contributed by atoms with Gasteiger partial charge in [0.25, 0.3) is 0 Å². The van der Waals surface area contributed by atoms with Crippen LogP contribution in [-0.4, -0.2) is 43.7 Å². The van der Waals surface area contributed by atoms with Gasteiger partial charge in [-0.05, 0) is 32.1 Å². The average Bonchev–Trinajstić information content (AvgIpc) is 2.31. The first-order chi connectivity index (χ1) is 7.97. The van der Waals surface area contributed by atoms with Gasteiger partial charge in [0.1, 0.15) is 0 Å². The molecule has 1 aliphatic carbocycles. The molecule has 0 bridgehead atoms. The van der Waals surface area contributed by atoms with Crippen LogP contribution in [0, 0.1) is 11.8 Å². The highest BCUT2D eigenvalue weighted by atomic mass is 16.5. The van der Waals surface area contributed by atoms with E-state index in [2.05, 4.69) is 6.92 Å². The Kier molecular flexibility index (Phi) is 5.40. The SMILES string of the molecule is COCC(C)N(C)C(=O)C1CCC(C)C(N)C1. The fourth-order valence-corrected chi connectivity index (χ4v) is 2.44. The Labute approximate surface area is 104 Å². The lowest BCUT2D eigenvalue weighted by molar-refractivity contribution is -0.138. The summed E-state index contributed by atoms with van der Waals surface area (Å²) in [5, 5.41) is 0. The summed E-state index contributed by atoms with van der Waals surface area (Å²) in [6, 6.07) is 0.298. The lowest BCUT2D eigenvalue weighted by Gasteiger charge is -2.35. The van der Waals surface area contributed by atoms with Crippen molar-refractivity contribution in [2.45, 2.75) is 45.2 Å². The first kappa shape index (κ1) is 14.5. The molecule has 1 rings (SSSR count). The van der Waals surface area contributed by atoms with E-state index in [0.717, 1.165) is 19.3 Å². The van der Waals surface area contributed by atoms with Crippen molar-refractivity contribution in [2.75, 3.05) is 20.8 Å². The van der Waals surface area contributed by atoms with Crippen molar-refractivity contribution in [1.29, 1.82) is 0 Å². The summed E-state index contributed by atoms with van der Waals surface area (Å²) >= 11 is 0. The van der Waals surface area contributed by atoms with E-state index in [4.69, 9.17) is 10.5 Å². The summed E-state index contributed by atoms with van der Waals surface area (Å²) in [5.41, 5.74) is 6.05. The van der Waals surface area contributed by atoms with Gasteiger partial charge in [0.15, 0.2) is 0 Å². The minimum absolute atomic E-state index is 0.102. The van der Waals surface area contributed by atoms with Gasteiger partial charge < -0.3 is 15.4 Å². The number of hydrogen-bond acceptors (Lipinski definition) is 3. The molecule has 1 fully saturated rings. The number of carbonyl (C=O) groups excluding carboxylic acids is 1. The van der Waals surface area contributed by atoms with Gasteiger partial charge in [0, 0.05) is 26.1 Å². The predicted octanol–water partition coefficient (Wildman–Crippen LogP) is 1.24. The smallest absolute Gasteiger partial charge is 0.225 e. The zero-order valence-electron chi connectivity index (χ0n) is 11.5. The summed E-state index contributed by atoms with van der Waals surface area (Å²) < 4.78 is 5.08. The largest absolute Gasteiger partial charge is 0.383 e. The van der Waals surface area contributed by atoms with Crippen molar-refractivity contribution in [3.05, 3.63) is 0 Å². The summed E-state index contributed by atoms with van der Waals surface area (Å²) in [4.78, 5) is 14.1. The highest BCUT2D eigenvalue weighted by molar-refractivity contribution is 5.79. The number of likely N-dealkylation sites (N-methyl/N-ethyl adjacent to an activating group) is 1. The minimum atomic E-state index is 0.102. The second kappa shape index (κ2) is 6.36. The van der Waals surface area contributed by atoms with E-state index in [9.17, 15) is 4.79 Å². The van der Waals surface area contributed by atoms with E-state index in [1.54, 1.807) is 12.0 Å². The molecule has 0 radical (unpaired) electrons. The quantitative estimate of drug-likeness (QED) is 0.807. The van der Waals surface area contributed by atoms with Crippen LogP contribution in [0.5, 0.6) is 0 Å². The van der Waals surface area contributed by atoms with Gasteiger partial charge in [-0.1, -0.05) is 6.92 Å². The molecule has 2 N–H and O–H groups in total. The standard InChI is InChI=1S/C13H26N2O2/c1-9-5-6-11(7-12(9)14)13(16)15(3)10(2)8-17-4/h9-12H,5-8,14H2,1-4H3. The fourth-order valence-electron chi connectivity index (χ4n) is 2.44. The second-order valence-corrected chi connectivity index (χ2v) is 5.40. The van der Waals surface area contributed by atoms with E-state index in [-0.39, 0.29) is 23.9 Å². The maximum atomic E-state index is 12.3. The highest BCUT2D eigenvalue weighted by Crippen LogP contribution is 2.29. The number of methoxy groups -OCH3 is 1. The molecule has 0 saturated heterocycles. The molecular weight excluding hydrogens is 216 g/mol. The number of hydrogen-bond donors (Lipinski definition) is 1. The Morgan fingerprint density at radius 1 is 1.53 bits per heavy atom. The maximum absolute atomic E-state index is 12.3. The van der Waals surface area contributed by atoms with Crippen molar-refractivity contribution in [3.8, 4) is 0 Å². The van der Waals surface area contributed by atoms with Gasteiger partial charge in [0.05, 0.1) is 12.6 Å². The summed E-state index contributed by atoms with van der Waals surface area (Å²) in [5.74, 6) is 0.864.